The number of alkyl carbamates (subject to hydrolysis) is 1. The summed E-state index contributed by atoms with van der Waals surface area (Å²) >= 11 is 0. The molecule has 7 nitrogen and oxygen atoms in total. The van der Waals surface area contributed by atoms with Gasteiger partial charge in [-0.3, -0.25) is 4.79 Å². The summed E-state index contributed by atoms with van der Waals surface area (Å²) in [6.07, 6.45) is -7.31. The summed E-state index contributed by atoms with van der Waals surface area (Å²) < 4.78 is 45.7. The van der Waals surface area contributed by atoms with Crippen molar-refractivity contribution >= 4 is 18.0 Å². The Morgan fingerprint density at radius 2 is 1.57 bits per heavy atom. The molecule has 0 aliphatic heterocycles. The van der Waals surface area contributed by atoms with Crippen molar-refractivity contribution in [2.75, 3.05) is 7.05 Å². The van der Waals surface area contributed by atoms with Crippen LogP contribution in [0.1, 0.15) is 20.8 Å². The van der Waals surface area contributed by atoms with Crippen LogP contribution in [0.2, 0.25) is 0 Å². The van der Waals surface area contributed by atoms with Gasteiger partial charge >= 0.3 is 24.1 Å². The third kappa shape index (κ3) is 6.82. The average molecular weight is 314 g/mol. The van der Waals surface area contributed by atoms with E-state index < -0.39 is 42.4 Å². The SMILES string of the molecule is CNC(=O)OC(C)OC(=O)[C@@H](NC(=O)C(F)(F)F)C(C)C. The molecule has 0 saturated heterocycles. The number of esters is 1. The van der Waals surface area contributed by atoms with Crippen molar-refractivity contribution in [3.63, 3.8) is 0 Å². The minimum atomic E-state index is -5.11. The van der Waals surface area contributed by atoms with Gasteiger partial charge in [-0.1, -0.05) is 13.8 Å². The molecule has 0 saturated carbocycles. The second kappa shape index (κ2) is 7.70. The molecule has 0 aromatic carbocycles. The molecule has 0 aromatic rings. The Labute approximate surface area is 119 Å². The molecule has 1 unspecified atom stereocenters. The van der Waals surface area contributed by atoms with Gasteiger partial charge in [-0.05, 0) is 5.92 Å². The van der Waals surface area contributed by atoms with Gasteiger partial charge in [0, 0.05) is 14.0 Å². The quantitative estimate of drug-likeness (QED) is 0.582. The van der Waals surface area contributed by atoms with Crippen molar-refractivity contribution in [3.8, 4) is 0 Å². The fourth-order valence-corrected chi connectivity index (χ4v) is 1.19. The average Bonchev–Trinajstić information content (AvgIpc) is 2.33. The molecule has 0 aromatic heterocycles. The minimum absolute atomic E-state index is 0.656. The maximum absolute atomic E-state index is 12.2. The van der Waals surface area contributed by atoms with Crippen molar-refractivity contribution in [1.29, 1.82) is 0 Å². The van der Waals surface area contributed by atoms with E-state index in [9.17, 15) is 27.6 Å². The number of hydrogen-bond acceptors (Lipinski definition) is 5. The van der Waals surface area contributed by atoms with Crippen LogP contribution in [-0.4, -0.2) is 43.5 Å². The first-order chi connectivity index (χ1) is 9.48. The second-order valence-electron chi connectivity index (χ2n) is 4.35. The molecule has 21 heavy (non-hydrogen) atoms. The fourth-order valence-electron chi connectivity index (χ4n) is 1.19. The zero-order chi connectivity index (χ0) is 16.8. The van der Waals surface area contributed by atoms with Crippen molar-refractivity contribution in [3.05, 3.63) is 0 Å². The third-order valence-corrected chi connectivity index (χ3v) is 2.22. The molecule has 0 bridgehead atoms. The van der Waals surface area contributed by atoms with Gasteiger partial charge in [0.25, 0.3) is 0 Å². The molecule has 0 fully saturated rings. The van der Waals surface area contributed by atoms with Gasteiger partial charge in [-0.25, -0.2) is 9.59 Å². The summed E-state index contributed by atoms with van der Waals surface area (Å²) in [6, 6.07) is -1.52. The number of halogens is 3. The summed E-state index contributed by atoms with van der Waals surface area (Å²) in [5.41, 5.74) is 0. The van der Waals surface area contributed by atoms with Crippen LogP contribution in [0.25, 0.3) is 0 Å². The molecular weight excluding hydrogens is 297 g/mol. The maximum atomic E-state index is 12.2. The predicted octanol–water partition coefficient (Wildman–Crippen LogP) is 0.935. The molecular formula is C11H17F3N2O5. The monoisotopic (exact) mass is 314 g/mol. The molecule has 2 atom stereocenters. The fraction of sp³-hybridized carbons (Fsp3) is 0.727. The first-order valence-electron chi connectivity index (χ1n) is 5.95. The van der Waals surface area contributed by atoms with Gasteiger partial charge in [-0.2, -0.15) is 13.2 Å². The molecule has 0 radical (unpaired) electrons. The molecule has 0 aliphatic rings. The third-order valence-electron chi connectivity index (χ3n) is 2.22. The largest absolute Gasteiger partial charge is 0.471 e. The van der Waals surface area contributed by atoms with Crippen LogP contribution in [0.15, 0.2) is 0 Å². The highest BCUT2D eigenvalue weighted by molar-refractivity contribution is 5.87. The molecule has 0 spiro atoms. The number of carbonyl (C=O) groups is 3. The van der Waals surface area contributed by atoms with E-state index >= 15 is 0 Å². The molecule has 2 N–H and O–H groups in total. The minimum Gasteiger partial charge on any atom is -0.424 e. The molecule has 0 rings (SSSR count). The topological polar surface area (TPSA) is 93.7 Å². The van der Waals surface area contributed by atoms with E-state index in [-0.39, 0.29) is 0 Å². The number of carbonyl (C=O) groups excluding carboxylic acids is 3. The number of nitrogens with one attached hydrogen (secondary N) is 2. The number of alkyl halides is 3. The summed E-state index contributed by atoms with van der Waals surface area (Å²) in [5.74, 6) is -4.05. The van der Waals surface area contributed by atoms with Crippen LogP contribution >= 0.6 is 0 Å². The highest BCUT2D eigenvalue weighted by Gasteiger charge is 2.42. The van der Waals surface area contributed by atoms with Crippen molar-refractivity contribution in [2.24, 2.45) is 5.92 Å². The van der Waals surface area contributed by atoms with Gasteiger partial charge in [0.2, 0.25) is 6.29 Å². The smallest absolute Gasteiger partial charge is 0.424 e. The number of amides is 2. The Hall–Kier alpha value is -2.00. The Morgan fingerprint density at radius 3 is 1.95 bits per heavy atom. The van der Waals surface area contributed by atoms with Gasteiger partial charge in [0.15, 0.2) is 0 Å². The van der Waals surface area contributed by atoms with E-state index in [1.807, 2.05) is 0 Å². The first-order valence-corrected chi connectivity index (χ1v) is 5.95. The number of hydrogen-bond donors (Lipinski definition) is 2. The number of ether oxygens (including phenoxy) is 2. The van der Waals surface area contributed by atoms with E-state index in [0.29, 0.717) is 0 Å². The highest BCUT2D eigenvalue weighted by atomic mass is 19.4. The summed E-state index contributed by atoms with van der Waals surface area (Å²) in [6.45, 7) is 4.05. The van der Waals surface area contributed by atoms with Crippen molar-refractivity contribution in [1.82, 2.24) is 10.6 Å². The van der Waals surface area contributed by atoms with Crippen molar-refractivity contribution in [2.45, 2.75) is 39.3 Å². The van der Waals surface area contributed by atoms with Crippen molar-refractivity contribution < 1.29 is 37.0 Å². The first kappa shape index (κ1) is 19.0. The lowest BCUT2D eigenvalue weighted by Gasteiger charge is -2.23. The molecule has 0 aliphatic carbocycles. The Kier molecular flexibility index (Phi) is 6.96. The zero-order valence-corrected chi connectivity index (χ0v) is 11.9. The normalized spacial score (nSPS) is 14.1. The standard InChI is InChI=1S/C11H17F3N2O5/c1-5(2)7(16-9(18)11(12,13)14)8(17)20-6(3)21-10(19)15-4/h5-7H,1-4H3,(H,15,19)(H,16,18)/t6?,7-/m0/s1. The predicted molar refractivity (Wildman–Crippen MR) is 63.9 cm³/mol. The molecule has 2 amide bonds. The zero-order valence-electron chi connectivity index (χ0n) is 11.9. The van der Waals surface area contributed by atoms with Crippen LogP contribution in [0.3, 0.4) is 0 Å². The summed E-state index contributed by atoms with van der Waals surface area (Å²) in [7, 11) is 1.28. The van der Waals surface area contributed by atoms with Crippen LogP contribution in [-0.2, 0) is 19.1 Å². The van der Waals surface area contributed by atoms with Gasteiger partial charge in [0.05, 0.1) is 0 Å². The van der Waals surface area contributed by atoms with Crippen LogP contribution < -0.4 is 10.6 Å². The van der Waals surface area contributed by atoms with Crippen LogP contribution in [0.4, 0.5) is 18.0 Å². The summed E-state index contributed by atoms with van der Waals surface area (Å²) in [5, 5.41) is 3.64. The van der Waals surface area contributed by atoms with E-state index in [1.54, 1.807) is 0 Å². The Balaban J connectivity index is 4.71. The highest BCUT2D eigenvalue weighted by Crippen LogP contribution is 2.16. The van der Waals surface area contributed by atoms with Crippen LogP contribution in [0, 0.1) is 5.92 Å². The van der Waals surface area contributed by atoms with E-state index in [4.69, 9.17) is 0 Å². The van der Waals surface area contributed by atoms with E-state index in [0.717, 1.165) is 0 Å². The summed E-state index contributed by atoms with van der Waals surface area (Å²) in [4.78, 5) is 33.4. The van der Waals surface area contributed by atoms with Crippen LogP contribution in [0.5, 0.6) is 0 Å². The van der Waals surface area contributed by atoms with Gasteiger partial charge in [-0.15, -0.1) is 0 Å². The lowest BCUT2D eigenvalue weighted by atomic mass is 10.0. The lowest BCUT2D eigenvalue weighted by molar-refractivity contribution is -0.180. The van der Waals surface area contributed by atoms with Gasteiger partial charge < -0.3 is 20.1 Å². The molecule has 0 heterocycles. The Bertz CT molecular complexity index is 398. The number of rotatable bonds is 5. The maximum Gasteiger partial charge on any atom is 0.471 e. The lowest BCUT2D eigenvalue weighted by Crippen LogP contribution is -2.50. The Morgan fingerprint density at radius 1 is 1.05 bits per heavy atom. The van der Waals surface area contributed by atoms with E-state index in [1.165, 1.54) is 33.1 Å². The molecule has 122 valence electrons. The van der Waals surface area contributed by atoms with E-state index in [2.05, 4.69) is 14.8 Å². The molecule has 10 heteroatoms. The second-order valence-corrected chi connectivity index (χ2v) is 4.35. The van der Waals surface area contributed by atoms with Gasteiger partial charge in [0.1, 0.15) is 6.04 Å².